The molecular weight excluding hydrogens is 300 g/mol. The highest BCUT2D eigenvalue weighted by Gasteiger charge is 2.17. The van der Waals surface area contributed by atoms with Crippen LogP contribution < -0.4 is 10.6 Å². The maximum absolute atomic E-state index is 12.2. The minimum Gasteiger partial charge on any atom is -0.338 e. The van der Waals surface area contributed by atoms with Crippen molar-refractivity contribution in [2.24, 2.45) is 4.99 Å². The van der Waals surface area contributed by atoms with Gasteiger partial charge in [-0.1, -0.05) is 60.7 Å². The number of carbonyl (C=O) groups excluding carboxylic acids is 1. The van der Waals surface area contributed by atoms with Crippen LogP contribution in [0.3, 0.4) is 0 Å². The van der Waals surface area contributed by atoms with Gasteiger partial charge in [-0.05, 0) is 17.5 Å². The molecule has 1 heterocycles. The molecule has 2 aromatic rings. The molecule has 2 amide bonds. The first-order valence-corrected chi connectivity index (χ1v) is 8.23. The van der Waals surface area contributed by atoms with E-state index in [1.54, 1.807) is 0 Å². The van der Waals surface area contributed by atoms with Crippen molar-refractivity contribution in [2.45, 2.75) is 19.5 Å². The predicted molar refractivity (Wildman–Crippen MR) is 95.6 cm³/mol. The lowest BCUT2D eigenvalue weighted by atomic mass is 10.2. The SMILES string of the molecule is O=C(NCc1ccccc1)NC1=NCCCN1Cc1ccccc1. The Morgan fingerprint density at radius 2 is 1.67 bits per heavy atom. The number of amides is 2. The fourth-order valence-corrected chi connectivity index (χ4v) is 2.65. The molecule has 0 saturated heterocycles. The normalized spacial score (nSPS) is 14.0. The smallest absolute Gasteiger partial charge is 0.321 e. The van der Waals surface area contributed by atoms with E-state index in [-0.39, 0.29) is 6.03 Å². The molecule has 0 bridgehead atoms. The van der Waals surface area contributed by atoms with Gasteiger partial charge in [-0.3, -0.25) is 10.3 Å². The van der Waals surface area contributed by atoms with Crippen molar-refractivity contribution in [3.8, 4) is 0 Å². The zero-order chi connectivity index (χ0) is 16.6. The number of carbonyl (C=O) groups is 1. The van der Waals surface area contributed by atoms with E-state index in [0.717, 1.165) is 31.6 Å². The van der Waals surface area contributed by atoms with Gasteiger partial charge in [0.25, 0.3) is 0 Å². The van der Waals surface area contributed by atoms with Gasteiger partial charge in [-0.2, -0.15) is 0 Å². The molecule has 1 aliphatic rings. The van der Waals surface area contributed by atoms with Gasteiger partial charge in [-0.25, -0.2) is 4.79 Å². The lowest BCUT2D eigenvalue weighted by Gasteiger charge is -2.29. The van der Waals surface area contributed by atoms with Gasteiger partial charge < -0.3 is 10.2 Å². The highest BCUT2D eigenvalue weighted by atomic mass is 16.2. The Hall–Kier alpha value is -2.82. The number of benzene rings is 2. The summed E-state index contributed by atoms with van der Waals surface area (Å²) in [7, 11) is 0. The van der Waals surface area contributed by atoms with E-state index in [0.29, 0.717) is 12.5 Å². The van der Waals surface area contributed by atoms with Crippen LogP contribution in [0.5, 0.6) is 0 Å². The number of urea groups is 1. The van der Waals surface area contributed by atoms with Crippen molar-refractivity contribution < 1.29 is 4.79 Å². The molecule has 2 N–H and O–H groups in total. The molecule has 3 rings (SSSR count). The summed E-state index contributed by atoms with van der Waals surface area (Å²) in [5, 5.41) is 5.76. The van der Waals surface area contributed by atoms with Crippen LogP contribution in [0, 0.1) is 0 Å². The van der Waals surface area contributed by atoms with Gasteiger partial charge in [-0.15, -0.1) is 0 Å². The first-order chi connectivity index (χ1) is 11.8. The second kappa shape index (κ2) is 8.15. The third-order valence-electron chi connectivity index (χ3n) is 3.88. The zero-order valence-electron chi connectivity index (χ0n) is 13.6. The molecule has 0 aliphatic carbocycles. The van der Waals surface area contributed by atoms with Gasteiger partial charge >= 0.3 is 6.03 Å². The van der Waals surface area contributed by atoms with E-state index in [1.165, 1.54) is 5.56 Å². The Kier molecular flexibility index (Phi) is 5.45. The monoisotopic (exact) mass is 322 g/mol. The number of rotatable bonds is 4. The fraction of sp³-hybridized carbons (Fsp3) is 0.263. The summed E-state index contributed by atoms with van der Waals surface area (Å²) in [6.07, 6.45) is 1.00. The quantitative estimate of drug-likeness (QED) is 0.909. The summed E-state index contributed by atoms with van der Waals surface area (Å²) >= 11 is 0. The maximum atomic E-state index is 12.2. The second-order valence-electron chi connectivity index (χ2n) is 5.76. The summed E-state index contributed by atoms with van der Waals surface area (Å²) in [6, 6.07) is 19.8. The maximum Gasteiger partial charge on any atom is 0.321 e. The molecule has 2 aromatic carbocycles. The second-order valence-corrected chi connectivity index (χ2v) is 5.76. The first-order valence-electron chi connectivity index (χ1n) is 8.23. The predicted octanol–water partition coefficient (Wildman–Crippen LogP) is 2.75. The van der Waals surface area contributed by atoms with E-state index < -0.39 is 0 Å². The molecule has 24 heavy (non-hydrogen) atoms. The molecule has 1 aliphatic heterocycles. The molecule has 124 valence electrons. The Morgan fingerprint density at radius 1 is 1.00 bits per heavy atom. The molecule has 0 saturated carbocycles. The summed E-state index contributed by atoms with van der Waals surface area (Å²) in [5.74, 6) is 0.649. The number of nitrogens with zero attached hydrogens (tertiary/aromatic N) is 2. The fourth-order valence-electron chi connectivity index (χ4n) is 2.65. The van der Waals surface area contributed by atoms with Crippen molar-refractivity contribution in [3.05, 3.63) is 71.8 Å². The summed E-state index contributed by atoms with van der Waals surface area (Å²) in [5.41, 5.74) is 2.28. The van der Waals surface area contributed by atoms with Crippen molar-refractivity contribution in [1.82, 2.24) is 15.5 Å². The van der Waals surface area contributed by atoms with Crippen LogP contribution in [-0.4, -0.2) is 30.0 Å². The molecule has 0 atom stereocenters. The van der Waals surface area contributed by atoms with Crippen LogP contribution >= 0.6 is 0 Å². The van der Waals surface area contributed by atoms with E-state index in [9.17, 15) is 4.79 Å². The average molecular weight is 322 g/mol. The van der Waals surface area contributed by atoms with Crippen molar-refractivity contribution in [2.75, 3.05) is 13.1 Å². The molecule has 0 radical (unpaired) electrons. The molecule has 0 spiro atoms. The van der Waals surface area contributed by atoms with E-state index in [2.05, 4.69) is 32.7 Å². The van der Waals surface area contributed by atoms with E-state index in [1.807, 2.05) is 48.5 Å². The van der Waals surface area contributed by atoms with Gasteiger partial charge in [0.1, 0.15) is 0 Å². The summed E-state index contributed by atoms with van der Waals surface area (Å²) in [6.45, 7) is 2.89. The van der Waals surface area contributed by atoms with E-state index >= 15 is 0 Å². The molecule has 0 unspecified atom stereocenters. The largest absolute Gasteiger partial charge is 0.338 e. The lowest BCUT2D eigenvalue weighted by Crippen LogP contribution is -2.49. The zero-order valence-corrected chi connectivity index (χ0v) is 13.6. The Labute approximate surface area is 142 Å². The standard InChI is InChI=1S/C19H22N4O/c24-19(21-14-16-8-3-1-4-9-16)22-18-20-12-7-13-23(18)15-17-10-5-2-6-11-17/h1-6,8-11H,7,12-15H2,(H2,20,21,22,24). The van der Waals surface area contributed by atoms with Crippen LogP contribution in [0.4, 0.5) is 4.79 Å². The Balaban J connectivity index is 1.55. The number of nitrogens with one attached hydrogen (secondary N) is 2. The van der Waals surface area contributed by atoms with Crippen molar-refractivity contribution in [1.29, 1.82) is 0 Å². The number of aliphatic imine (C=N–C) groups is 1. The third kappa shape index (κ3) is 4.59. The van der Waals surface area contributed by atoms with Crippen LogP contribution in [0.15, 0.2) is 65.7 Å². The van der Waals surface area contributed by atoms with E-state index in [4.69, 9.17) is 0 Å². The van der Waals surface area contributed by atoms with Gasteiger partial charge in [0, 0.05) is 26.2 Å². The molecule has 5 nitrogen and oxygen atoms in total. The van der Waals surface area contributed by atoms with Gasteiger partial charge in [0.2, 0.25) is 5.96 Å². The average Bonchev–Trinajstić information content (AvgIpc) is 2.63. The minimum atomic E-state index is -0.224. The highest BCUT2D eigenvalue weighted by Crippen LogP contribution is 2.09. The molecule has 0 aromatic heterocycles. The van der Waals surface area contributed by atoms with Crippen LogP contribution in [0.2, 0.25) is 0 Å². The number of guanidine groups is 1. The summed E-state index contributed by atoms with van der Waals surface area (Å²) in [4.78, 5) is 18.7. The van der Waals surface area contributed by atoms with Crippen LogP contribution in [0.1, 0.15) is 17.5 Å². The van der Waals surface area contributed by atoms with Crippen LogP contribution in [-0.2, 0) is 13.1 Å². The Morgan fingerprint density at radius 3 is 2.38 bits per heavy atom. The van der Waals surface area contributed by atoms with Gasteiger partial charge in [0.05, 0.1) is 0 Å². The molecule has 0 fully saturated rings. The number of hydrogen-bond donors (Lipinski definition) is 2. The highest BCUT2D eigenvalue weighted by molar-refractivity contribution is 5.96. The first kappa shape index (κ1) is 16.1. The Bertz CT molecular complexity index is 685. The van der Waals surface area contributed by atoms with Crippen molar-refractivity contribution >= 4 is 12.0 Å². The van der Waals surface area contributed by atoms with Crippen LogP contribution in [0.25, 0.3) is 0 Å². The minimum absolute atomic E-state index is 0.224. The van der Waals surface area contributed by atoms with Gasteiger partial charge in [0.15, 0.2) is 0 Å². The third-order valence-corrected chi connectivity index (χ3v) is 3.88. The van der Waals surface area contributed by atoms with Crippen molar-refractivity contribution in [3.63, 3.8) is 0 Å². The topological polar surface area (TPSA) is 56.7 Å². The molecule has 5 heteroatoms. The molecular formula is C19H22N4O. The number of hydrogen-bond acceptors (Lipinski definition) is 3. The summed E-state index contributed by atoms with van der Waals surface area (Å²) < 4.78 is 0. The lowest BCUT2D eigenvalue weighted by molar-refractivity contribution is 0.242.